The van der Waals surface area contributed by atoms with Crippen molar-refractivity contribution >= 4 is 5.97 Å². The second-order valence-electron chi connectivity index (χ2n) is 5.17. The van der Waals surface area contributed by atoms with Crippen molar-refractivity contribution in [3.63, 3.8) is 0 Å². The molecule has 1 unspecified atom stereocenters. The van der Waals surface area contributed by atoms with Crippen LogP contribution >= 0.6 is 0 Å². The van der Waals surface area contributed by atoms with Crippen molar-refractivity contribution in [1.29, 1.82) is 0 Å². The number of aliphatic carboxylic acids is 1. The van der Waals surface area contributed by atoms with E-state index in [4.69, 9.17) is 5.11 Å². The van der Waals surface area contributed by atoms with Gasteiger partial charge >= 0.3 is 5.97 Å². The van der Waals surface area contributed by atoms with E-state index in [1.165, 1.54) is 32.1 Å². The van der Waals surface area contributed by atoms with Crippen LogP contribution in [-0.2, 0) is 4.79 Å². The zero-order valence-electron chi connectivity index (χ0n) is 11.9. The molecule has 3 heteroatoms. The average molecular weight is 243 g/mol. The van der Waals surface area contributed by atoms with Crippen LogP contribution in [-0.4, -0.2) is 34.6 Å². The standard InChI is InChI=1S/C14H29NO2/c1-5-6-7-8-9-13(4)15(12(2)3)11-10-14(16)17/h12-13H,5-11H2,1-4H3,(H,16,17). The Bertz CT molecular complexity index is 204. The summed E-state index contributed by atoms with van der Waals surface area (Å²) >= 11 is 0. The number of unbranched alkanes of at least 4 members (excludes halogenated alkanes) is 3. The van der Waals surface area contributed by atoms with Gasteiger partial charge in [0.25, 0.3) is 0 Å². The first-order valence-corrected chi connectivity index (χ1v) is 6.96. The Morgan fingerprint density at radius 3 is 2.29 bits per heavy atom. The molecule has 0 aromatic rings. The van der Waals surface area contributed by atoms with Crippen molar-refractivity contribution in [2.24, 2.45) is 0 Å². The monoisotopic (exact) mass is 243 g/mol. The summed E-state index contributed by atoms with van der Waals surface area (Å²) in [7, 11) is 0. The molecule has 0 amide bonds. The van der Waals surface area contributed by atoms with Crippen LogP contribution in [0.25, 0.3) is 0 Å². The van der Waals surface area contributed by atoms with Crippen LogP contribution < -0.4 is 0 Å². The van der Waals surface area contributed by atoms with Crippen LogP contribution in [0.5, 0.6) is 0 Å². The Kier molecular flexibility index (Phi) is 9.14. The van der Waals surface area contributed by atoms with Crippen molar-refractivity contribution < 1.29 is 9.90 Å². The molecule has 0 saturated carbocycles. The predicted molar refractivity (Wildman–Crippen MR) is 72.3 cm³/mol. The van der Waals surface area contributed by atoms with Gasteiger partial charge in [0.1, 0.15) is 0 Å². The maximum absolute atomic E-state index is 10.6. The fraction of sp³-hybridized carbons (Fsp3) is 0.929. The highest BCUT2D eigenvalue weighted by Crippen LogP contribution is 2.14. The van der Waals surface area contributed by atoms with Crippen molar-refractivity contribution in [3.05, 3.63) is 0 Å². The van der Waals surface area contributed by atoms with E-state index in [1.807, 2.05) is 0 Å². The van der Waals surface area contributed by atoms with Crippen molar-refractivity contribution in [3.8, 4) is 0 Å². The van der Waals surface area contributed by atoms with Crippen molar-refractivity contribution in [2.75, 3.05) is 6.54 Å². The molecular weight excluding hydrogens is 214 g/mol. The highest BCUT2D eigenvalue weighted by Gasteiger charge is 2.17. The molecule has 0 spiro atoms. The van der Waals surface area contributed by atoms with Gasteiger partial charge in [0.15, 0.2) is 0 Å². The molecule has 0 aliphatic heterocycles. The Balaban J connectivity index is 3.97. The minimum Gasteiger partial charge on any atom is -0.481 e. The quantitative estimate of drug-likeness (QED) is 0.597. The number of carbonyl (C=O) groups is 1. The zero-order valence-corrected chi connectivity index (χ0v) is 11.9. The Morgan fingerprint density at radius 2 is 1.82 bits per heavy atom. The normalized spacial score (nSPS) is 13.3. The van der Waals surface area contributed by atoms with Crippen LogP contribution in [0, 0.1) is 0 Å². The number of hydrogen-bond acceptors (Lipinski definition) is 2. The van der Waals surface area contributed by atoms with Gasteiger partial charge in [-0.2, -0.15) is 0 Å². The van der Waals surface area contributed by atoms with Gasteiger partial charge in [-0.25, -0.2) is 0 Å². The Hall–Kier alpha value is -0.570. The van der Waals surface area contributed by atoms with Gasteiger partial charge in [0.2, 0.25) is 0 Å². The molecular formula is C14H29NO2. The summed E-state index contributed by atoms with van der Waals surface area (Å²) in [5.41, 5.74) is 0. The van der Waals surface area contributed by atoms with Gasteiger partial charge in [-0.1, -0.05) is 32.6 Å². The summed E-state index contributed by atoms with van der Waals surface area (Å²) < 4.78 is 0. The van der Waals surface area contributed by atoms with Crippen LogP contribution in [0.1, 0.15) is 66.2 Å². The number of hydrogen-bond donors (Lipinski definition) is 1. The molecule has 0 aliphatic rings. The molecule has 1 N–H and O–H groups in total. The second-order valence-corrected chi connectivity index (χ2v) is 5.17. The molecule has 1 atom stereocenters. The number of rotatable bonds is 10. The van der Waals surface area contributed by atoms with E-state index >= 15 is 0 Å². The maximum Gasteiger partial charge on any atom is 0.304 e. The first-order chi connectivity index (χ1) is 7.99. The molecule has 17 heavy (non-hydrogen) atoms. The van der Waals surface area contributed by atoms with Gasteiger partial charge in [-0.15, -0.1) is 0 Å². The number of nitrogens with zero attached hydrogens (tertiary/aromatic N) is 1. The lowest BCUT2D eigenvalue weighted by Crippen LogP contribution is -2.40. The molecule has 0 bridgehead atoms. The molecule has 0 aromatic carbocycles. The highest BCUT2D eigenvalue weighted by molar-refractivity contribution is 5.66. The van der Waals surface area contributed by atoms with Crippen LogP contribution in [0.2, 0.25) is 0 Å². The minimum atomic E-state index is -0.700. The maximum atomic E-state index is 10.6. The molecule has 0 rings (SSSR count). The third kappa shape index (κ3) is 8.19. The fourth-order valence-electron chi connectivity index (χ4n) is 2.24. The van der Waals surface area contributed by atoms with Gasteiger partial charge < -0.3 is 5.11 Å². The molecule has 0 fully saturated rings. The van der Waals surface area contributed by atoms with E-state index < -0.39 is 5.97 Å². The molecule has 0 radical (unpaired) electrons. The highest BCUT2D eigenvalue weighted by atomic mass is 16.4. The van der Waals surface area contributed by atoms with Gasteiger partial charge in [-0.3, -0.25) is 9.69 Å². The zero-order chi connectivity index (χ0) is 13.3. The van der Waals surface area contributed by atoms with Crippen LogP contribution in [0.15, 0.2) is 0 Å². The van der Waals surface area contributed by atoms with E-state index in [-0.39, 0.29) is 6.42 Å². The van der Waals surface area contributed by atoms with Crippen molar-refractivity contribution in [1.82, 2.24) is 4.90 Å². The fourth-order valence-corrected chi connectivity index (χ4v) is 2.24. The molecule has 102 valence electrons. The molecule has 0 heterocycles. The number of carboxylic acid groups (broad SMARTS) is 1. The average Bonchev–Trinajstić information content (AvgIpc) is 2.23. The summed E-state index contributed by atoms with van der Waals surface area (Å²) in [4.78, 5) is 12.9. The van der Waals surface area contributed by atoms with E-state index in [0.717, 1.165) is 0 Å². The summed E-state index contributed by atoms with van der Waals surface area (Å²) in [6, 6.07) is 0.918. The minimum absolute atomic E-state index is 0.247. The summed E-state index contributed by atoms with van der Waals surface area (Å²) in [5.74, 6) is -0.700. The summed E-state index contributed by atoms with van der Waals surface area (Å²) in [6.45, 7) is 9.39. The lowest BCUT2D eigenvalue weighted by atomic mass is 10.1. The van der Waals surface area contributed by atoms with Crippen LogP contribution in [0.3, 0.4) is 0 Å². The van der Waals surface area contributed by atoms with Gasteiger partial charge in [-0.05, 0) is 27.2 Å². The first-order valence-electron chi connectivity index (χ1n) is 6.96. The largest absolute Gasteiger partial charge is 0.481 e. The third-order valence-electron chi connectivity index (χ3n) is 3.29. The van der Waals surface area contributed by atoms with Gasteiger partial charge in [0.05, 0.1) is 6.42 Å². The third-order valence-corrected chi connectivity index (χ3v) is 3.29. The molecule has 0 aliphatic carbocycles. The van der Waals surface area contributed by atoms with E-state index in [9.17, 15) is 4.79 Å². The SMILES string of the molecule is CCCCCCC(C)N(CCC(=O)O)C(C)C. The summed E-state index contributed by atoms with van der Waals surface area (Å²) in [6.07, 6.45) is 6.55. The van der Waals surface area contributed by atoms with E-state index in [2.05, 4.69) is 32.6 Å². The lowest BCUT2D eigenvalue weighted by molar-refractivity contribution is -0.137. The van der Waals surface area contributed by atoms with E-state index in [1.54, 1.807) is 0 Å². The first kappa shape index (κ1) is 16.4. The summed E-state index contributed by atoms with van der Waals surface area (Å²) in [5, 5.41) is 8.75. The predicted octanol–water partition coefficient (Wildman–Crippen LogP) is 3.53. The lowest BCUT2D eigenvalue weighted by Gasteiger charge is -2.32. The van der Waals surface area contributed by atoms with Crippen molar-refractivity contribution in [2.45, 2.75) is 78.3 Å². The topological polar surface area (TPSA) is 40.5 Å². The van der Waals surface area contributed by atoms with E-state index in [0.29, 0.717) is 18.6 Å². The molecule has 0 aromatic heterocycles. The Labute approximate surface area is 106 Å². The Morgan fingerprint density at radius 1 is 1.18 bits per heavy atom. The van der Waals surface area contributed by atoms with Gasteiger partial charge in [0, 0.05) is 18.6 Å². The smallest absolute Gasteiger partial charge is 0.304 e. The molecule has 3 nitrogen and oxygen atoms in total. The second kappa shape index (κ2) is 9.46. The molecule has 0 saturated heterocycles. The van der Waals surface area contributed by atoms with Crippen LogP contribution in [0.4, 0.5) is 0 Å². The number of carboxylic acids is 1.